The second-order valence-corrected chi connectivity index (χ2v) is 7.07. The number of pyridine rings is 1. The van der Waals surface area contributed by atoms with Gasteiger partial charge in [0.25, 0.3) is 0 Å². The number of aliphatic imine (C=N–C) groups is 1. The molecule has 0 amide bonds. The fourth-order valence-electron chi connectivity index (χ4n) is 2.83. The van der Waals surface area contributed by atoms with E-state index in [-0.39, 0.29) is 6.10 Å². The zero-order chi connectivity index (χ0) is 16.9. The van der Waals surface area contributed by atoms with Gasteiger partial charge in [-0.25, -0.2) is 9.97 Å². The van der Waals surface area contributed by atoms with E-state index in [9.17, 15) is 0 Å². The first-order valence-electron chi connectivity index (χ1n) is 8.12. The summed E-state index contributed by atoms with van der Waals surface area (Å²) in [5, 5.41) is 4.54. The Hall–Kier alpha value is -2.15. The predicted molar refractivity (Wildman–Crippen MR) is 96.6 cm³/mol. The van der Waals surface area contributed by atoms with E-state index in [1.165, 1.54) is 4.88 Å². The minimum atomic E-state index is 0.144. The highest BCUT2D eigenvalue weighted by Crippen LogP contribution is 2.18. The van der Waals surface area contributed by atoms with Crippen LogP contribution in [0.25, 0.3) is 0 Å². The van der Waals surface area contributed by atoms with Crippen molar-refractivity contribution in [2.24, 2.45) is 4.99 Å². The van der Waals surface area contributed by atoms with Crippen molar-refractivity contribution in [2.45, 2.75) is 32.9 Å². The smallest absolute Gasteiger partial charge is 0.213 e. The van der Waals surface area contributed by atoms with Gasteiger partial charge in [0.15, 0.2) is 5.96 Å². The number of hydrogen-bond donors (Lipinski definition) is 1. The number of aromatic nitrogens is 2. The summed E-state index contributed by atoms with van der Waals surface area (Å²) in [4.78, 5) is 16.6. The van der Waals surface area contributed by atoms with E-state index >= 15 is 0 Å². The molecule has 0 aliphatic carbocycles. The molecule has 7 heteroatoms. The first-order chi connectivity index (χ1) is 11.7. The summed E-state index contributed by atoms with van der Waals surface area (Å²) in [6.45, 7) is 6.59. The molecule has 0 bridgehead atoms. The summed E-state index contributed by atoms with van der Waals surface area (Å²) in [6.07, 6.45) is 2.86. The number of likely N-dealkylation sites (tertiary alicyclic amines) is 1. The molecule has 2 aromatic heterocycles. The highest BCUT2D eigenvalue weighted by Gasteiger charge is 2.26. The summed E-state index contributed by atoms with van der Waals surface area (Å²) in [6, 6.07) is 5.72. The largest absolute Gasteiger partial charge is 0.472 e. The molecular weight excluding hydrogens is 322 g/mol. The monoisotopic (exact) mass is 345 g/mol. The van der Waals surface area contributed by atoms with Gasteiger partial charge in [-0.05, 0) is 19.9 Å². The Kier molecular flexibility index (Phi) is 5.30. The molecule has 1 atom stereocenters. The molecule has 1 aliphatic heterocycles. The zero-order valence-corrected chi connectivity index (χ0v) is 15.1. The van der Waals surface area contributed by atoms with E-state index in [1.54, 1.807) is 17.5 Å². The lowest BCUT2D eigenvalue weighted by Gasteiger charge is -2.21. The first-order valence-corrected chi connectivity index (χ1v) is 8.93. The Balaban J connectivity index is 1.54. The van der Waals surface area contributed by atoms with Crippen molar-refractivity contribution >= 4 is 17.3 Å². The quantitative estimate of drug-likeness (QED) is 0.681. The molecule has 128 valence electrons. The third-order valence-corrected chi connectivity index (χ3v) is 5.06. The molecule has 1 fully saturated rings. The van der Waals surface area contributed by atoms with Crippen LogP contribution in [0.3, 0.4) is 0 Å². The number of hydrogen-bond acceptors (Lipinski definition) is 5. The van der Waals surface area contributed by atoms with Gasteiger partial charge in [0, 0.05) is 37.2 Å². The number of rotatable bonds is 4. The number of thiazole rings is 1. The molecule has 6 nitrogen and oxygen atoms in total. The van der Waals surface area contributed by atoms with E-state index in [4.69, 9.17) is 4.74 Å². The van der Waals surface area contributed by atoms with Crippen molar-refractivity contribution in [3.05, 3.63) is 40.0 Å². The Morgan fingerprint density at radius 1 is 1.46 bits per heavy atom. The van der Waals surface area contributed by atoms with Gasteiger partial charge in [0.1, 0.15) is 6.10 Å². The first kappa shape index (κ1) is 16.7. The Labute approximate surface area is 146 Å². The summed E-state index contributed by atoms with van der Waals surface area (Å²) in [5.41, 5.74) is 1.10. The van der Waals surface area contributed by atoms with Crippen LogP contribution in [0.5, 0.6) is 5.88 Å². The van der Waals surface area contributed by atoms with Crippen LogP contribution in [0.2, 0.25) is 0 Å². The third-order valence-electron chi connectivity index (χ3n) is 3.99. The summed E-state index contributed by atoms with van der Waals surface area (Å²) < 4.78 is 5.94. The lowest BCUT2D eigenvalue weighted by Crippen LogP contribution is -2.40. The van der Waals surface area contributed by atoms with Crippen LogP contribution in [0.15, 0.2) is 29.4 Å². The Bertz CT molecular complexity index is 700. The highest BCUT2D eigenvalue weighted by atomic mass is 32.1. The van der Waals surface area contributed by atoms with E-state index < -0.39 is 0 Å². The van der Waals surface area contributed by atoms with Crippen LogP contribution >= 0.6 is 11.3 Å². The van der Waals surface area contributed by atoms with Crippen molar-refractivity contribution in [3.63, 3.8) is 0 Å². The van der Waals surface area contributed by atoms with Crippen LogP contribution < -0.4 is 10.1 Å². The molecule has 0 saturated carbocycles. The summed E-state index contributed by atoms with van der Waals surface area (Å²) >= 11 is 1.73. The van der Waals surface area contributed by atoms with Crippen LogP contribution in [-0.4, -0.2) is 47.1 Å². The van der Waals surface area contributed by atoms with E-state index in [1.807, 2.05) is 32.2 Å². The van der Waals surface area contributed by atoms with Crippen LogP contribution in [0, 0.1) is 13.8 Å². The second-order valence-electron chi connectivity index (χ2n) is 5.78. The van der Waals surface area contributed by atoms with Gasteiger partial charge in [-0.2, -0.15) is 0 Å². The second kappa shape index (κ2) is 7.61. The fraction of sp³-hybridized carbons (Fsp3) is 0.471. The van der Waals surface area contributed by atoms with Gasteiger partial charge in [-0.3, -0.25) is 4.99 Å². The minimum absolute atomic E-state index is 0.144. The molecule has 1 N–H and O–H groups in total. The van der Waals surface area contributed by atoms with Gasteiger partial charge in [0.2, 0.25) is 5.88 Å². The molecule has 2 aromatic rings. The number of nitrogens with zero attached hydrogens (tertiary/aromatic N) is 4. The number of nitrogens with one attached hydrogen (secondary N) is 1. The molecule has 0 spiro atoms. The van der Waals surface area contributed by atoms with Crippen LogP contribution in [-0.2, 0) is 6.54 Å². The van der Waals surface area contributed by atoms with E-state index in [0.29, 0.717) is 5.88 Å². The SMILES string of the molecule is CN=C(NCc1sc(C)nc1C)N1CCC(Oc2ccccn2)C1. The molecule has 1 saturated heterocycles. The average Bonchev–Trinajstić information content (AvgIpc) is 3.16. The van der Waals surface area contributed by atoms with Crippen molar-refractivity contribution in [3.8, 4) is 5.88 Å². The number of aryl methyl sites for hydroxylation is 2. The average molecular weight is 345 g/mol. The molecule has 3 heterocycles. The van der Waals surface area contributed by atoms with Gasteiger partial charge in [-0.1, -0.05) is 6.07 Å². The minimum Gasteiger partial charge on any atom is -0.472 e. The maximum absolute atomic E-state index is 5.94. The van der Waals surface area contributed by atoms with Crippen molar-refractivity contribution < 1.29 is 4.74 Å². The van der Waals surface area contributed by atoms with Gasteiger partial charge in [0.05, 0.1) is 23.8 Å². The maximum atomic E-state index is 5.94. The molecular formula is C17H23N5OS. The molecule has 1 unspecified atom stereocenters. The van der Waals surface area contributed by atoms with Crippen LogP contribution in [0.1, 0.15) is 22.0 Å². The third kappa shape index (κ3) is 4.03. The van der Waals surface area contributed by atoms with Crippen LogP contribution in [0.4, 0.5) is 0 Å². The molecule has 0 aromatic carbocycles. The normalized spacial score (nSPS) is 18.0. The predicted octanol–water partition coefficient (Wildman–Crippen LogP) is 2.38. The summed E-state index contributed by atoms with van der Waals surface area (Å²) in [7, 11) is 1.82. The zero-order valence-electron chi connectivity index (χ0n) is 14.3. The molecule has 24 heavy (non-hydrogen) atoms. The lowest BCUT2D eigenvalue weighted by atomic mass is 10.3. The van der Waals surface area contributed by atoms with Gasteiger partial charge in [-0.15, -0.1) is 11.3 Å². The van der Waals surface area contributed by atoms with Gasteiger partial charge >= 0.3 is 0 Å². The van der Waals surface area contributed by atoms with E-state index in [0.717, 1.165) is 42.7 Å². The number of ether oxygens (including phenoxy) is 1. The Morgan fingerprint density at radius 2 is 2.33 bits per heavy atom. The molecule has 1 aliphatic rings. The molecule has 3 rings (SSSR count). The number of guanidine groups is 1. The van der Waals surface area contributed by atoms with Crippen molar-refractivity contribution in [2.75, 3.05) is 20.1 Å². The fourth-order valence-corrected chi connectivity index (χ4v) is 3.71. The highest BCUT2D eigenvalue weighted by molar-refractivity contribution is 7.11. The lowest BCUT2D eigenvalue weighted by molar-refractivity contribution is 0.205. The maximum Gasteiger partial charge on any atom is 0.213 e. The standard InChI is InChI=1S/C17H23N5OS/c1-12-15(24-13(2)21-12)10-20-17(18-3)22-9-7-14(11-22)23-16-6-4-5-8-19-16/h4-6,8,14H,7,9-11H2,1-3H3,(H,18,20). The van der Waals surface area contributed by atoms with Gasteiger partial charge < -0.3 is 15.0 Å². The topological polar surface area (TPSA) is 62.6 Å². The van der Waals surface area contributed by atoms with E-state index in [2.05, 4.69) is 32.1 Å². The molecule has 0 radical (unpaired) electrons. The van der Waals surface area contributed by atoms with Crippen molar-refractivity contribution in [1.29, 1.82) is 0 Å². The Morgan fingerprint density at radius 3 is 3.00 bits per heavy atom. The van der Waals surface area contributed by atoms with Crippen molar-refractivity contribution in [1.82, 2.24) is 20.2 Å². The summed E-state index contributed by atoms with van der Waals surface area (Å²) in [5.74, 6) is 1.59.